The van der Waals surface area contributed by atoms with E-state index in [9.17, 15) is 4.79 Å². The molecule has 6 nitrogen and oxygen atoms in total. The van der Waals surface area contributed by atoms with Crippen molar-refractivity contribution in [3.8, 4) is 11.3 Å². The molecular formula is C16H15N5O. The van der Waals surface area contributed by atoms with Crippen molar-refractivity contribution in [2.45, 2.75) is 6.92 Å². The molecule has 0 saturated heterocycles. The summed E-state index contributed by atoms with van der Waals surface area (Å²) in [5.41, 5.74) is 8.90. The third-order valence-electron chi connectivity index (χ3n) is 3.17. The van der Waals surface area contributed by atoms with E-state index in [2.05, 4.69) is 20.5 Å². The number of aromatic nitrogens is 3. The zero-order valence-corrected chi connectivity index (χ0v) is 12.0. The monoisotopic (exact) mass is 293 g/mol. The van der Waals surface area contributed by atoms with Gasteiger partial charge in [0.1, 0.15) is 0 Å². The number of aromatic amines is 1. The number of nitrogens with zero attached hydrogens (tertiary/aromatic N) is 2. The molecule has 22 heavy (non-hydrogen) atoms. The molecule has 110 valence electrons. The summed E-state index contributed by atoms with van der Waals surface area (Å²) >= 11 is 0. The molecular weight excluding hydrogens is 278 g/mol. The zero-order valence-electron chi connectivity index (χ0n) is 12.0. The van der Waals surface area contributed by atoms with E-state index in [1.807, 2.05) is 43.3 Å². The van der Waals surface area contributed by atoms with Crippen LogP contribution in [0.5, 0.6) is 0 Å². The first kappa shape index (κ1) is 13.8. The van der Waals surface area contributed by atoms with E-state index in [4.69, 9.17) is 5.73 Å². The van der Waals surface area contributed by atoms with Crippen LogP contribution in [0.25, 0.3) is 11.3 Å². The molecule has 1 heterocycles. The number of aryl methyl sites for hydroxylation is 1. The maximum absolute atomic E-state index is 12.2. The van der Waals surface area contributed by atoms with E-state index in [1.54, 1.807) is 12.1 Å². The predicted molar refractivity (Wildman–Crippen MR) is 87.0 cm³/mol. The third-order valence-corrected chi connectivity index (χ3v) is 3.17. The van der Waals surface area contributed by atoms with Crippen molar-refractivity contribution < 1.29 is 0 Å². The Morgan fingerprint density at radius 1 is 1.09 bits per heavy atom. The van der Waals surface area contributed by atoms with Crippen molar-refractivity contribution in [3.05, 3.63) is 64.4 Å². The molecule has 0 atom stereocenters. The molecule has 6 heteroatoms. The molecule has 0 unspecified atom stereocenters. The van der Waals surface area contributed by atoms with E-state index >= 15 is 0 Å². The Morgan fingerprint density at radius 3 is 2.55 bits per heavy atom. The molecule has 0 amide bonds. The van der Waals surface area contributed by atoms with Crippen LogP contribution in [0, 0.1) is 6.92 Å². The Labute approximate surface area is 127 Å². The number of rotatable bonds is 3. The van der Waals surface area contributed by atoms with Crippen LogP contribution in [-0.4, -0.2) is 15.2 Å². The minimum absolute atomic E-state index is 0.270. The van der Waals surface area contributed by atoms with Gasteiger partial charge < -0.3 is 11.1 Å². The van der Waals surface area contributed by atoms with E-state index in [0.29, 0.717) is 5.69 Å². The molecule has 0 aliphatic rings. The number of nitrogen functional groups attached to an aromatic ring is 1. The number of hydrogen-bond acceptors (Lipinski definition) is 5. The van der Waals surface area contributed by atoms with Crippen LogP contribution in [0.2, 0.25) is 0 Å². The predicted octanol–water partition coefficient (Wildman–Crippen LogP) is 2.47. The van der Waals surface area contributed by atoms with Crippen LogP contribution in [0.1, 0.15) is 5.56 Å². The Bertz CT molecular complexity index is 855. The van der Waals surface area contributed by atoms with Crippen molar-refractivity contribution in [3.63, 3.8) is 0 Å². The van der Waals surface area contributed by atoms with Gasteiger partial charge in [-0.3, -0.25) is 9.78 Å². The van der Waals surface area contributed by atoms with Crippen molar-refractivity contribution in [2.24, 2.45) is 0 Å². The molecule has 2 aromatic carbocycles. The summed E-state index contributed by atoms with van der Waals surface area (Å²) < 4.78 is 0. The van der Waals surface area contributed by atoms with Crippen LogP contribution in [0.3, 0.4) is 0 Å². The number of nitrogens with two attached hydrogens (primary N) is 1. The highest BCUT2D eigenvalue weighted by atomic mass is 16.1. The molecule has 3 aromatic rings. The highest BCUT2D eigenvalue weighted by Crippen LogP contribution is 2.16. The minimum atomic E-state index is -0.301. The van der Waals surface area contributed by atoms with Crippen LogP contribution in [0.4, 0.5) is 17.3 Å². The molecule has 1 aromatic heterocycles. The summed E-state index contributed by atoms with van der Waals surface area (Å²) in [4.78, 5) is 14.8. The highest BCUT2D eigenvalue weighted by Gasteiger charge is 2.07. The summed E-state index contributed by atoms with van der Waals surface area (Å²) in [5.74, 6) is 0.270. The molecule has 0 bridgehead atoms. The second kappa shape index (κ2) is 5.69. The summed E-state index contributed by atoms with van der Waals surface area (Å²) in [6.07, 6.45) is 0. The lowest BCUT2D eigenvalue weighted by molar-refractivity contribution is 0.962. The molecule has 0 radical (unpaired) electrons. The fraction of sp³-hybridized carbons (Fsp3) is 0.0625. The van der Waals surface area contributed by atoms with Crippen LogP contribution in [0.15, 0.2) is 53.3 Å². The number of benzene rings is 2. The highest BCUT2D eigenvalue weighted by molar-refractivity contribution is 5.61. The normalized spacial score (nSPS) is 10.4. The molecule has 3 rings (SSSR count). The third kappa shape index (κ3) is 2.95. The Morgan fingerprint density at radius 2 is 1.86 bits per heavy atom. The first-order chi connectivity index (χ1) is 10.6. The molecule has 0 saturated carbocycles. The standard InChI is InChI=1S/C16H15N5O/c1-10-5-7-11(8-6-10)14-15(22)19-16(21-20-14)18-13-4-2-3-12(17)9-13/h2-9H,17H2,1H3,(H2,18,19,21,22). The first-order valence-electron chi connectivity index (χ1n) is 6.78. The lowest BCUT2D eigenvalue weighted by atomic mass is 10.1. The van der Waals surface area contributed by atoms with Gasteiger partial charge in [-0.25, -0.2) is 0 Å². The van der Waals surface area contributed by atoms with E-state index in [1.165, 1.54) is 0 Å². The van der Waals surface area contributed by atoms with Gasteiger partial charge in [0.05, 0.1) is 0 Å². The Hall–Kier alpha value is -3.15. The summed E-state index contributed by atoms with van der Waals surface area (Å²) in [6, 6.07) is 14.7. The van der Waals surface area contributed by atoms with Gasteiger partial charge in [0.15, 0.2) is 5.69 Å². The van der Waals surface area contributed by atoms with E-state index in [-0.39, 0.29) is 17.2 Å². The quantitative estimate of drug-likeness (QED) is 0.645. The van der Waals surface area contributed by atoms with Crippen LogP contribution in [-0.2, 0) is 0 Å². The minimum Gasteiger partial charge on any atom is -0.399 e. The summed E-state index contributed by atoms with van der Waals surface area (Å²) in [7, 11) is 0. The fourth-order valence-corrected chi connectivity index (χ4v) is 2.05. The number of H-pyrrole nitrogens is 1. The van der Waals surface area contributed by atoms with Gasteiger partial charge >= 0.3 is 0 Å². The maximum Gasteiger partial charge on any atom is 0.279 e. The Kier molecular flexibility index (Phi) is 3.57. The summed E-state index contributed by atoms with van der Waals surface area (Å²) in [5, 5.41) is 11.0. The van der Waals surface area contributed by atoms with Gasteiger partial charge in [-0.15, -0.1) is 10.2 Å². The van der Waals surface area contributed by atoms with Crippen molar-refractivity contribution in [1.82, 2.24) is 15.2 Å². The van der Waals surface area contributed by atoms with Crippen molar-refractivity contribution in [2.75, 3.05) is 11.1 Å². The molecule has 0 aliphatic carbocycles. The van der Waals surface area contributed by atoms with Crippen molar-refractivity contribution in [1.29, 1.82) is 0 Å². The first-order valence-corrected chi connectivity index (χ1v) is 6.78. The number of anilines is 3. The Balaban J connectivity index is 1.89. The fourth-order valence-electron chi connectivity index (χ4n) is 2.05. The van der Waals surface area contributed by atoms with E-state index < -0.39 is 0 Å². The summed E-state index contributed by atoms with van der Waals surface area (Å²) in [6.45, 7) is 1.98. The molecule has 0 aliphatic heterocycles. The second-order valence-electron chi connectivity index (χ2n) is 4.97. The molecule has 4 N–H and O–H groups in total. The average Bonchev–Trinajstić information content (AvgIpc) is 2.49. The van der Waals surface area contributed by atoms with Gasteiger partial charge in [0.2, 0.25) is 5.95 Å². The molecule has 0 fully saturated rings. The van der Waals surface area contributed by atoms with Crippen LogP contribution >= 0.6 is 0 Å². The second-order valence-corrected chi connectivity index (χ2v) is 4.97. The smallest absolute Gasteiger partial charge is 0.279 e. The van der Waals surface area contributed by atoms with Gasteiger partial charge in [-0.2, -0.15) is 0 Å². The lowest BCUT2D eigenvalue weighted by Crippen LogP contribution is -2.15. The number of hydrogen-bond donors (Lipinski definition) is 3. The molecule has 0 spiro atoms. The zero-order chi connectivity index (χ0) is 15.5. The van der Waals surface area contributed by atoms with Crippen LogP contribution < -0.4 is 16.6 Å². The van der Waals surface area contributed by atoms with Gasteiger partial charge in [0.25, 0.3) is 5.56 Å². The van der Waals surface area contributed by atoms with Crippen molar-refractivity contribution >= 4 is 17.3 Å². The SMILES string of the molecule is Cc1ccc(-c2nnc(Nc3cccc(N)c3)[nH]c2=O)cc1. The largest absolute Gasteiger partial charge is 0.399 e. The maximum atomic E-state index is 12.2. The topological polar surface area (TPSA) is 96.7 Å². The average molecular weight is 293 g/mol. The lowest BCUT2D eigenvalue weighted by Gasteiger charge is -2.06. The van der Waals surface area contributed by atoms with Gasteiger partial charge in [-0.1, -0.05) is 35.9 Å². The van der Waals surface area contributed by atoms with Gasteiger partial charge in [-0.05, 0) is 25.1 Å². The number of nitrogens with one attached hydrogen (secondary N) is 2. The van der Waals surface area contributed by atoms with E-state index in [0.717, 1.165) is 16.8 Å². The van der Waals surface area contributed by atoms with Gasteiger partial charge in [0, 0.05) is 16.9 Å².